The van der Waals surface area contributed by atoms with E-state index in [4.69, 9.17) is 13.9 Å². The number of hydrogen-bond acceptors (Lipinski definition) is 6. The second kappa shape index (κ2) is 8.95. The molecule has 8 heteroatoms. The number of aliphatic hydroxyl groups excluding tert-OH is 1. The summed E-state index contributed by atoms with van der Waals surface area (Å²) in [7, 11) is 0. The Morgan fingerprint density at radius 3 is 2.33 bits per heavy atom. The molecule has 0 spiro atoms. The summed E-state index contributed by atoms with van der Waals surface area (Å²) < 4.78 is 16.7. The average Bonchev–Trinajstić information content (AvgIpc) is 2.98. The minimum absolute atomic E-state index is 0.179. The lowest BCUT2D eigenvalue weighted by Gasteiger charge is -2.36. The molecule has 2 N–H and O–H groups in total. The molecule has 0 aliphatic carbocycles. The fourth-order valence-electron chi connectivity index (χ4n) is 3.04. The third-order valence-corrected chi connectivity index (χ3v) is 4.34. The van der Waals surface area contributed by atoms with Crippen LogP contribution in [0.2, 0.25) is 0 Å². The Balaban J connectivity index is 2.11. The summed E-state index contributed by atoms with van der Waals surface area (Å²) in [5, 5.41) is 19.3. The Bertz CT molecular complexity index is 903. The first-order chi connectivity index (χ1) is 13.8. The van der Waals surface area contributed by atoms with Crippen molar-refractivity contribution in [3.8, 4) is 5.75 Å². The highest BCUT2D eigenvalue weighted by molar-refractivity contribution is 5.97. The number of furan rings is 1. The monoisotopic (exact) mass is 421 g/mol. The van der Waals surface area contributed by atoms with Crippen LogP contribution >= 0.6 is 0 Å². The molecule has 0 saturated heterocycles. The van der Waals surface area contributed by atoms with Crippen LogP contribution < -0.4 is 4.74 Å². The summed E-state index contributed by atoms with van der Waals surface area (Å²) in [5.41, 5.74) is -0.499. The zero-order valence-electron chi connectivity index (χ0n) is 18.4. The van der Waals surface area contributed by atoms with E-state index in [9.17, 15) is 19.8 Å². The van der Waals surface area contributed by atoms with Gasteiger partial charge in [-0.3, -0.25) is 0 Å². The Kier molecular flexibility index (Phi) is 7.02. The van der Waals surface area contributed by atoms with Crippen LogP contribution in [-0.4, -0.2) is 51.5 Å². The van der Waals surface area contributed by atoms with Gasteiger partial charge in [0.25, 0.3) is 0 Å². The number of hydrogen-bond donors (Lipinski definition) is 2. The molecule has 1 amide bonds. The maximum Gasteiger partial charge on any atom is 0.410 e. The van der Waals surface area contributed by atoms with Gasteiger partial charge in [0.2, 0.25) is 5.76 Å². The number of nitrogens with zero attached hydrogens (tertiary/aromatic N) is 1. The van der Waals surface area contributed by atoms with E-state index < -0.39 is 23.7 Å². The molecule has 0 radical (unpaired) electrons. The lowest BCUT2D eigenvalue weighted by molar-refractivity contribution is 0.00520. The van der Waals surface area contributed by atoms with E-state index in [2.05, 4.69) is 0 Å². The van der Waals surface area contributed by atoms with E-state index >= 15 is 0 Å². The molecule has 1 heterocycles. The lowest BCUT2D eigenvalue weighted by Crippen LogP contribution is -2.48. The van der Waals surface area contributed by atoms with Gasteiger partial charge in [0.15, 0.2) is 0 Å². The van der Waals surface area contributed by atoms with Crippen LogP contribution in [0, 0.1) is 0 Å². The summed E-state index contributed by atoms with van der Waals surface area (Å²) in [6.45, 7) is 11.5. The first-order valence-electron chi connectivity index (χ1n) is 9.87. The van der Waals surface area contributed by atoms with Crippen LogP contribution in [0.1, 0.15) is 64.1 Å². The van der Waals surface area contributed by atoms with Crippen LogP contribution in [0.15, 0.2) is 22.6 Å². The van der Waals surface area contributed by atoms with Gasteiger partial charge < -0.3 is 29.0 Å². The van der Waals surface area contributed by atoms with Crippen LogP contribution in [0.4, 0.5) is 4.79 Å². The first kappa shape index (κ1) is 23.5. The Morgan fingerprint density at radius 2 is 1.80 bits per heavy atom. The molecule has 0 unspecified atom stereocenters. The molecule has 166 valence electrons. The summed E-state index contributed by atoms with van der Waals surface area (Å²) in [4.78, 5) is 25.6. The SMILES string of the molecule is CC(C)(C)OC(=O)N(CCCOc1cccc2oc(C(=O)O)c(CO)c12)C(C)(C)C. The van der Waals surface area contributed by atoms with Crippen molar-refractivity contribution in [2.45, 2.75) is 65.7 Å². The number of carboxylic acid groups (broad SMARTS) is 1. The molecule has 1 aromatic carbocycles. The van der Waals surface area contributed by atoms with Crippen molar-refractivity contribution in [2.75, 3.05) is 13.2 Å². The number of carbonyl (C=O) groups excluding carboxylic acids is 1. The molecule has 2 aromatic rings. The normalized spacial score (nSPS) is 12.1. The van der Waals surface area contributed by atoms with Gasteiger partial charge in [0, 0.05) is 17.6 Å². The molecule has 0 bridgehead atoms. The Hall–Kier alpha value is -2.74. The van der Waals surface area contributed by atoms with Crippen LogP contribution in [0.3, 0.4) is 0 Å². The van der Waals surface area contributed by atoms with Crippen molar-refractivity contribution in [3.05, 3.63) is 29.5 Å². The molecule has 1 aromatic heterocycles. The highest BCUT2D eigenvalue weighted by Gasteiger charge is 2.30. The summed E-state index contributed by atoms with van der Waals surface area (Å²) in [6, 6.07) is 5.01. The smallest absolute Gasteiger partial charge is 0.410 e. The Labute approximate surface area is 176 Å². The van der Waals surface area contributed by atoms with Gasteiger partial charge in [-0.1, -0.05) is 6.07 Å². The van der Waals surface area contributed by atoms with Crippen LogP contribution in [0.25, 0.3) is 11.0 Å². The van der Waals surface area contributed by atoms with Gasteiger partial charge in [-0.05, 0) is 60.1 Å². The van der Waals surface area contributed by atoms with Crippen molar-refractivity contribution in [1.82, 2.24) is 4.90 Å². The molecular weight excluding hydrogens is 390 g/mol. The van der Waals surface area contributed by atoms with Crippen molar-refractivity contribution >= 4 is 23.0 Å². The summed E-state index contributed by atoms with van der Waals surface area (Å²) in [6.07, 6.45) is 0.144. The van der Waals surface area contributed by atoms with Gasteiger partial charge >= 0.3 is 12.1 Å². The predicted octanol–water partition coefficient (Wildman–Crippen LogP) is 4.43. The van der Waals surface area contributed by atoms with Crippen molar-refractivity contribution in [2.24, 2.45) is 0 Å². The van der Waals surface area contributed by atoms with Crippen molar-refractivity contribution in [3.63, 3.8) is 0 Å². The van der Waals surface area contributed by atoms with E-state index in [1.165, 1.54) is 0 Å². The number of amides is 1. The average molecular weight is 421 g/mol. The second-order valence-corrected chi connectivity index (χ2v) is 9.01. The van der Waals surface area contributed by atoms with Gasteiger partial charge in [-0.2, -0.15) is 0 Å². The number of aromatic carboxylic acids is 1. The summed E-state index contributed by atoms with van der Waals surface area (Å²) in [5.74, 6) is -1.13. The topological polar surface area (TPSA) is 109 Å². The minimum atomic E-state index is -1.25. The Morgan fingerprint density at radius 1 is 1.13 bits per heavy atom. The number of benzene rings is 1. The van der Waals surface area contributed by atoms with E-state index in [0.717, 1.165) is 0 Å². The first-order valence-corrected chi connectivity index (χ1v) is 9.87. The number of ether oxygens (including phenoxy) is 2. The van der Waals surface area contributed by atoms with E-state index in [1.54, 1.807) is 23.1 Å². The lowest BCUT2D eigenvalue weighted by atomic mass is 10.1. The van der Waals surface area contributed by atoms with E-state index in [1.807, 2.05) is 41.5 Å². The molecular formula is C22H31NO7. The summed E-state index contributed by atoms with van der Waals surface area (Å²) >= 11 is 0. The van der Waals surface area contributed by atoms with Crippen LogP contribution in [-0.2, 0) is 11.3 Å². The van der Waals surface area contributed by atoms with E-state index in [-0.39, 0.29) is 24.0 Å². The standard InChI is InChI=1S/C22H31NO7/c1-21(2,3)23(20(27)30-22(4,5)6)11-8-12-28-15-9-7-10-16-17(15)14(13-24)18(29-16)19(25)26/h7,9-10,24H,8,11-13H2,1-6H3,(H,25,26). The number of rotatable bonds is 7. The fraction of sp³-hybridized carbons (Fsp3) is 0.545. The molecule has 8 nitrogen and oxygen atoms in total. The van der Waals surface area contributed by atoms with Gasteiger partial charge in [-0.25, -0.2) is 9.59 Å². The fourth-order valence-corrected chi connectivity index (χ4v) is 3.04. The van der Waals surface area contributed by atoms with Gasteiger partial charge in [-0.15, -0.1) is 0 Å². The second-order valence-electron chi connectivity index (χ2n) is 9.01. The quantitative estimate of drug-likeness (QED) is 0.637. The number of carboxylic acids is 1. The zero-order chi connectivity index (χ0) is 22.7. The zero-order valence-corrected chi connectivity index (χ0v) is 18.4. The number of fused-ring (bicyclic) bond motifs is 1. The highest BCUT2D eigenvalue weighted by Crippen LogP contribution is 2.34. The van der Waals surface area contributed by atoms with Crippen molar-refractivity contribution < 1.29 is 33.7 Å². The molecule has 0 saturated carbocycles. The third kappa shape index (κ3) is 5.66. The van der Waals surface area contributed by atoms with Gasteiger partial charge in [0.05, 0.1) is 18.6 Å². The maximum absolute atomic E-state index is 12.6. The molecule has 0 fully saturated rings. The predicted molar refractivity (Wildman–Crippen MR) is 112 cm³/mol. The van der Waals surface area contributed by atoms with Crippen LogP contribution in [0.5, 0.6) is 5.75 Å². The number of carbonyl (C=O) groups is 2. The van der Waals surface area contributed by atoms with E-state index in [0.29, 0.717) is 29.7 Å². The third-order valence-electron chi connectivity index (χ3n) is 4.34. The maximum atomic E-state index is 12.6. The molecule has 0 aliphatic rings. The minimum Gasteiger partial charge on any atom is -0.493 e. The molecule has 2 rings (SSSR count). The number of aliphatic hydroxyl groups is 1. The molecule has 0 aliphatic heterocycles. The van der Waals surface area contributed by atoms with Crippen molar-refractivity contribution in [1.29, 1.82) is 0 Å². The van der Waals surface area contributed by atoms with Gasteiger partial charge in [0.1, 0.15) is 16.9 Å². The molecule has 0 atom stereocenters. The molecule has 30 heavy (non-hydrogen) atoms. The highest BCUT2D eigenvalue weighted by atomic mass is 16.6. The largest absolute Gasteiger partial charge is 0.493 e.